The molecule has 0 bridgehead atoms. The molecule has 0 fully saturated rings. The van der Waals surface area contributed by atoms with Crippen molar-refractivity contribution < 1.29 is 8.83 Å². The van der Waals surface area contributed by atoms with Gasteiger partial charge in [-0.05, 0) is 41.3 Å². The Morgan fingerprint density at radius 2 is 1.62 bits per heavy atom. The number of fused-ring (bicyclic) bond motifs is 7. The summed E-state index contributed by atoms with van der Waals surface area (Å²) in [5.41, 5.74) is 8.34. The fourth-order valence-corrected chi connectivity index (χ4v) is 4.92. The van der Waals surface area contributed by atoms with Crippen molar-refractivity contribution in [1.29, 1.82) is 0 Å². The Balaban J connectivity index is 1.52. The molecule has 32 heavy (non-hydrogen) atoms. The molecule has 0 radical (unpaired) electrons. The molecule has 6 aromatic rings. The van der Waals surface area contributed by atoms with Gasteiger partial charge in [0.15, 0.2) is 0 Å². The van der Waals surface area contributed by atoms with Crippen LogP contribution in [-0.4, -0.2) is 4.98 Å². The molecular formula is C29H19NO2. The van der Waals surface area contributed by atoms with Gasteiger partial charge in [0, 0.05) is 46.1 Å². The van der Waals surface area contributed by atoms with Crippen LogP contribution in [0.2, 0.25) is 0 Å². The van der Waals surface area contributed by atoms with Crippen molar-refractivity contribution in [3.8, 4) is 22.3 Å². The van der Waals surface area contributed by atoms with Crippen molar-refractivity contribution in [3.05, 3.63) is 96.5 Å². The Kier molecular flexibility index (Phi) is 3.67. The lowest BCUT2D eigenvalue weighted by atomic mass is 9.95. The SMILES string of the molecule is C1=Cc2c(oc3cc(-c4ccc(-c5cccnc5)cc4)c4oc5ccccc5c4c23)CC1. The van der Waals surface area contributed by atoms with Gasteiger partial charge in [-0.15, -0.1) is 0 Å². The topological polar surface area (TPSA) is 39.2 Å². The van der Waals surface area contributed by atoms with Crippen molar-refractivity contribution >= 4 is 39.0 Å². The first-order chi connectivity index (χ1) is 15.9. The van der Waals surface area contributed by atoms with Crippen LogP contribution >= 0.6 is 0 Å². The highest BCUT2D eigenvalue weighted by Gasteiger charge is 2.23. The monoisotopic (exact) mass is 413 g/mol. The molecule has 1 aliphatic carbocycles. The molecule has 0 aliphatic heterocycles. The number of pyridine rings is 1. The number of furan rings is 2. The molecule has 3 aromatic heterocycles. The summed E-state index contributed by atoms with van der Waals surface area (Å²) >= 11 is 0. The molecule has 152 valence electrons. The van der Waals surface area contributed by atoms with E-state index in [2.05, 4.69) is 65.7 Å². The number of aryl methyl sites for hydroxylation is 1. The zero-order valence-corrected chi connectivity index (χ0v) is 17.3. The van der Waals surface area contributed by atoms with Crippen molar-refractivity contribution in [3.63, 3.8) is 0 Å². The first-order valence-electron chi connectivity index (χ1n) is 10.9. The van der Waals surface area contributed by atoms with Gasteiger partial charge in [0.25, 0.3) is 0 Å². The lowest BCUT2D eigenvalue weighted by Crippen LogP contribution is -1.88. The van der Waals surface area contributed by atoms with E-state index in [1.54, 1.807) is 6.20 Å². The minimum absolute atomic E-state index is 0.901. The predicted molar refractivity (Wildman–Crippen MR) is 130 cm³/mol. The van der Waals surface area contributed by atoms with Crippen molar-refractivity contribution in [2.45, 2.75) is 12.8 Å². The van der Waals surface area contributed by atoms with Gasteiger partial charge in [0.2, 0.25) is 0 Å². The number of hydrogen-bond donors (Lipinski definition) is 0. The van der Waals surface area contributed by atoms with Crippen LogP contribution in [0.3, 0.4) is 0 Å². The van der Waals surface area contributed by atoms with Crippen LogP contribution in [-0.2, 0) is 6.42 Å². The third-order valence-corrected chi connectivity index (χ3v) is 6.43. The average Bonchev–Trinajstić information content (AvgIpc) is 3.42. The molecule has 0 spiro atoms. The molecule has 0 saturated heterocycles. The number of nitrogens with zero attached hydrogens (tertiary/aromatic N) is 1. The van der Waals surface area contributed by atoms with Crippen LogP contribution in [0, 0.1) is 0 Å². The van der Waals surface area contributed by atoms with Gasteiger partial charge < -0.3 is 8.83 Å². The Bertz CT molecular complexity index is 1650. The van der Waals surface area contributed by atoms with Crippen LogP contribution in [0.1, 0.15) is 17.7 Å². The molecule has 0 N–H and O–H groups in total. The number of benzene rings is 3. The van der Waals surface area contributed by atoms with E-state index < -0.39 is 0 Å². The number of rotatable bonds is 2. The number of hydrogen-bond acceptors (Lipinski definition) is 3. The molecular weight excluding hydrogens is 394 g/mol. The fraction of sp³-hybridized carbons (Fsp3) is 0.0690. The molecule has 0 atom stereocenters. The van der Waals surface area contributed by atoms with Gasteiger partial charge >= 0.3 is 0 Å². The summed E-state index contributed by atoms with van der Waals surface area (Å²) in [7, 11) is 0. The summed E-state index contributed by atoms with van der Waals surface area (Å²) in [5.74, 6) is 1.07. The number of para-hydroxylation sites is 1. The summed E-state index contributed by atoms with van der Waals surface area (Å²) in [4.78, 5) is 4.24. The van der Waals surface area contributed by atoms with E-state index in [-0.39, 0.29) is 0 Å². The Labute approximate surface area is 184 Å². The normalized spacial score (nSPS) is 13.2. The maximum absolute atomic E-state index is 6.45. The van der Waals surface area contributed by atoms with Crippen LogP contribution in [0.15, 0.2) is 94.0 Å². The summed E-state index contributed by atoms with van der Waals surface area (Å²) in [6.07, 6.45) is 10.1. The Morgan fingerprint density at radius 3 is 2.50 bits per heavy atom. The summed E-state index contributed by atoms with van der Waals surface area (Å²) in [6.45, 7) is 0. The van der Waals surface area contributed by atoms with Crippen LogP contribution in [0.5, 0.6) is 0 Å². The maximum atomic E-state index is 6.45. The van der Waals surface area contributed by atoms with Gasteiger partial charge in [-0.25, -0.2) is 0 Å². The highest BCUT2D eigenvalue weighted by atomic mass is 16.3. The molecule has 0 saturated carbocycles. The van der Waals surface area contributed by atoms with E-state index in [0.29, 0.717) is 0 Å². The average molecular weight is 413 g/mol. The van der Waals surface area contributed by atoms with Crippen LogP contribution < -0.4 is 0 Å². The van der Waals surface area contributed by atoms with E-state index in [1.165, 1.54) is 5.56 Å². The molecule has 0 unspecified atom stereocenters. The number of allylic oxidation sites excluding steroid dienone is 1. The van der Waals surface area contributed by atoms with E-state index in [1.807, 2.05) is 24.4 Å². The third-order valence-electron chi connectivity index (χ3n) is 6.43. The van der Waals surface area contributed by atoms with Gasteiger partial charge in [-0.3, -0.25) is 4.98 Å². The fourth-order valence-electron chi connectivity index (χ4n) is 4.92. The molecule has 0 amide bonds. The van der Waals surface area contributed by atoms with E-state index >= 15 is 0 Å². The van der Waals surface area contributed by atoms with E-state index in [0.717, 1.165) is 73.8 Å². The largest absolute Gasteiger partial charge is 0.460 e. The third kappa shape index (κ3) is 2.51. The zero-order valence-electron chi connectivity index (χ0n) is 17.3. The quantitative estimate of drug-likeness (QED) is 0.288. The Hall–Kier alpha value is -4.11. The highest BCUT2D eigenvalue weighted by molar-refractivity contribution is 6.23. The van der Waals surface area contributed by atoms with E-state index in [9.17, 15) is 0 Å². The van der Waals surface area contributed by atoms with Crippen molar-refractivity contribution in [1.82, 2.24) is 4.98 Å². The second-order valence-electron chi connectivity index (χ2n) is 8.30. The lowest BCUT2D eigenvalue weighted by Gasteiger charge is -2.07. The first-order valence-corrected chi connectivity index (χ1v) is 10.9. The molecule has 7 rings (SSSR count). The second kappa shape index (κ2) is 6.69. The van der Waals surface area contributed by atoms with Gasteiger partial charge in [0.05, 0.1) is 0 Å². The molecule has 3 heteroatoms. The van der Waals surface area contributed by atoms with Crippen LogP contribution in [0.4, 0.5) is 0 Å². The summed E-state index contributed by atoms with van der Waals surface area (Å²) in [5, 5.41) is 3.43. The minimum Gasteiger partial charge on any atom is -0.460 e. The smallest absolute Gasteiger partial charge is 0.144 e. The molecule has 3 nitrogen and oxygen atoms in total. The molecule has 3 heterocycles. The molecule has 1 aliphatic rings. The van der Waals surface area contributed by atoms with Gasteiger partial charge in [-0.2, -0.15) is 0 Å². The summed E-state index contributed by atoms with van der Waals surface area (Å²) < 4.78 is 12.8. The zero-order chi connectivity index (χ0) is 21.1. The maximum Gasteiger partial charge on any atom is 0.144 e. The first kappa shape index (κ1) is 17.6. The van der Waals surface area contributed by atoms with E-state index in [4.69, 9.17) is 8.83 Å². The standard InChI is InChI=1S/C29H19NO2/c1-3-9-24-21(7-1)27-26(31-24)16-23(29-28(27)22-8-2-4-10-25(22)32-29)19-13-11-18(12-14-19)20-6-5-15-30-17-20/h1-2,4-8,10-17H,3,9H2. The van der Waals surface area contributed by atoms with Crippen molar-refractivity contribution in [2.24, 2.45) is 0 Å². The predicted octanol–water partition coefficient (Wildman–Crippen LogP) is 8.02. The molecule has 3 aromatic carbocycles. The van der Waals surface area contributed by atoms with Gasteiger partial charge in [-0.1, -0.05) is 60.7 Å². The lowest BCUT2D eigenvalue weighted by molar-refractivity contribution is 0.546. The van der Waals surface area contributed by atoms with Gasteiger partial charge in [0.1, 0.15) is 22.5 Å². The number of aromatic nitrogens is 1. The highest BCUT2D eigenvalue weighted by Crippen LogP contribution is 2.45. The second-order valence-corrected chi connectivity index (χ2v) is 8.30. The minimum atomic E-state index is 0.901. The Morgan fingerprint density at radius 1 is 0.750 bits per heavy atom. The summed E-state index contributed by atoms with van der Waals surface area (Å²) in [6, 6.07) is 23.0. The van der Waals surface area contributed by atoms with Crippen LogP contribution in [0.25, 0.3) is 61.2 Å². The van der Waals surface area contributed by atoms with Crippen molar-refractivity contribution in [2.75, 3.05) is 0 Å².